The number of Topliss-reactive ketones (excluding diaryl/α,β-unsaturated/α-hetero) is 1. The van der Waals surface area contributed by atoms with Gasteiger partial charge >= 0.3 is 0 Å². The van der Waals surface area contributed by atoms with Crippen LogP contribution >= 0.6 is 0 Å². The zero-order valence-corrected chi connectivity index (χ0v) is 15.2. The van der Waals surface area contributed by atoms with Gasteiger partial charge in [-0.25, -0.2) is 9.97 Å². The minimum Gasteiger partial charge on any atom is -0.365 e. The van der Waals surface area contributed by atoms with Crippen molar-refractivity contribution in [2.75, 3.05) is 10.6 Å². The van der Waals surface area contributed by atoms with E-state index in [2.05, 4.69) is 32.7 Å². The van der Waals surface area contributed by atoms with Crippen molar-refractivity contribution in [2.24, 2.45) is 0 Å². The zero-order chi connectivity index (χ0) is 19.2. The standard InChI is InChI=1S/C21H20N4O2/c1-14-6-8-16(9-7-14)11-23-20-13-22-19(12-24-20)21(27)25-18-5-3-4-17(10-18)15(2)26/h3-10,12-13H,11H2,1-2H3,(H,23,24)(H,25,27). The van der Waals surface area contributed by atoms with Crippen LogP contribution < -0.4 is 10.6 Å². The number of carbonyl (C=O) groups excluding carboxylic acids is 2. The highest BCUT2D eigenvalue weighted by Crippen LogP contribution is 2.13. The summed E-state index contributed by atoms with van der Waals surface area (Å²) >= 11 is 0. The first-order valence-electron chi connectivity index (χ1n) is 8.55. The second kappa shape index (κ2) is 8.23. The van der Waals surface area contributed by atoms with Crippen molar-refractivity contribution in [3.8, 4) is 0 Å². The van der Waals surface area contributed by atoms with Crippen molar-refractivity contribution < 1.29 is 9.59 Å². The molecule has 3 rings (SSSR count). The van der Waals surface area contributed by atoms with Gasteiger partial charge in [0.2, 0.25) is 0 Å². The monoisotopic (exact) mass is 360 g/mol. The average Bonchev–Trinajstić information content (AvgIpc) is 2.68. The number of aromatic nitrogens is 2. The highest BCUT2D eigenvalue weighted by atomic mass is 16.2. The van der Waals surface area contributed by atoms with Crippen LogP contribution in [0.3, 0.4) is 0 Å². The van der Waals surface area contributed by atoms with Crippen molar-refractivity contribution in [1.82, 2.24) is 9.97 Å². The fourth-order valence-electron chi connectivity index (χ4n) is 2.45. The minimum atomic E-state index is -0.381. The lowest BCUT2D eigenvalue weighted by molar-refractivity contribution is 0.100. The van der Waals surface area contributed by atoms with Crippen molar-refractivity contribution in [3.63, 3.8) is 0 Å². The molecular formula is C21H20N4O2. The smallest absolute Gasteiger partial charge is 0.275 e. The molecule has 0 fully saturated rings. The Kier molecular flexibility index (Phi) is 5.56. The van der Waals surface area contributed by atoms with Gasteiger partial charge < -0.3 is 10.6 Å². The van der Waals surface area contributed by atoms with Gasteiger partial charge in [-0.2, -0.15) is 0 Å². The Morgan fingerprint density at radius 3 is 2.44 bits per heavy atom. The third-order valence-corrected chi connectivity index (χ3v) is 4.01. The fourth-order valence-corrected chi connectivity index (χ4v) is 2.45. The van der Waals surface area contributed by atoms with Crippen LogP contribution in [0.15, 0.2) is 60.9 Å². The largest absolute Gasteiger partial charge is 0.365 e. The van der Waals surface area contributed by atoms with Crippen LogP contribution in [0, 0.1) is 6.92 Å². The fraction of sp³-hybridized carbons (Fsp3) is 0.143. The summed E-state index contributed by atoms with van der Waals surface area (Å²) in [5, 5.41) is 5.90. The highest BCUT2D eigenvalue weighted by Gasteiger charge is 2.09. The lowest BCUT2D eigenvalue weighted by atomic mass is 10.1. The van der Waals surface area contributed by atoms with Crippen LogP contribution in [-0.4, -0.2) is 21.7 Å². The summed E-state index contributed by atoms with van der Waals surface area (Å²) in [6, 6.07) is 15.0. The molecule has 0 unspecified atom stereocenters. The molecular weight excluding hydrogens is 340 g/mol. The Hall–Kier alpha value is -3.54. The van der Waals surface area contributed by atoms with Gasteiger partial charge in [0.25, 0.3) is 5.91 Å². The number of benzene rings is 2. The molecule has 0 aliphatic carbocycles. The molecule has 2 aromatic carbocycles. The molecule has 6 heteroatoms. The molecule has 27 heavy (non-hydrogen) atoms. The van der Waals surface area contributed by atoms with Gasteiger partial charge in [0.15, 0.2) is 5.78 Å². The van der Waals surface area contributed by atoms with Crippen molar-refractivity contribution in [2.45, 2.75) is 20.4 Å². The van der Waals surface area contributed by atoms with Crippen LogP contribution in [0.5, 0.6) is 0 Å². The van der Waals surface area contributed by atoms with E-state index in [0.29, 0.717) is 23.6 Å². The number of anilines is 2. The van der Waals surface area contributed by atoms with E-state index < -0.39 is 0 Å². The summed E-state index contributed by atoms with van der Waals surface area (Å²) in [6.45, 7) is 4.15. The van der Waals surface area contributed by atoms with Crippen LogP contribution in [0.4, 0.5) is 11.5 Å². The van der Waals surface area contributed by atoms with Crippen LogP contribution in [0.25, 0.3) is 0 Å². The maximum Gasteiger partial charge on any atom is 0.275 e. The topological polar surface area (TPSA) is 84.0 Å². The molecule has 1 heterocycles. The molecule has 1 aromatic heterocycles. The second-order valence-corrected chi connectivity index (χ2v) is 6.22. The number of hydrogen-bond donors (Lipinski definition) is 2. The van der Waals surface area contributed by atoms with Gasteiger partial charge in [-0.05, 0) is 31.5 Å². The van der Waals surface area contributed by atoms with Gasteiger partial charge in [0.1, 0.15) is 11.5 Å². The van der Waals surface area contributed by atoms with Gasteiger partial charge in [-0.3, -0.25) is 9.59 Å². The molecule has 0 spiro atoms. The first kappa shape index (κ1) is 18.3. The number of nitrogens with zero attached hydrogens (tertiary/aromatic N) is 2. The normalized spacial score (nSPS) is 10.3. The van der Waals surface area contributed by atoms with E-state index in [1.165, 1.54) is 24.9 Å². The molecule has 1 amide bonds. The maximum atomic E-state index is 12.3. The second-order valence-electron chi connectivity index (χ2n) is 6.22. The average molecular weight is 360 g/mol. The summed E-state index contributed by atoms with van der Waals surface area (Å²) < 4.78 is 0. The van der Waals surface area contributed by atoms with E-state index in [-0.39, 0.29) is 17.4 Å². The number of rotatable bonds is 6. The third kappa shape index (κ3) is 4.98. The summed E-state index contributed by atoms with van der Waals surface area (Å²) in [4.78, 5) is 32.1. The number of carbonyl (C=O) groups is 2. The van der Waals surface area contributed by atoms with Crippen molar-refractivity contribution in [3.05, 3.63) is 83.3 Å². The first-order valence-corrected chi connectivity index (χ1v) is 8.55. The number of nitrogens with one attached hydrogen (secondary N) is 2. The van der Waals surface area contributed by atoms with Gasteiger partial charge in [0, 0.05) is 17.8 Å². The molecule has 0 aliphatic rings. The minimum absolute atomic E-state index is 0.0603. The Bertz CT molecular complexity index is 951. The Morgan fingerprint density at radius 2 is 1.78 bits per heavy atom. The molecule has 6 nitrogen and oxygen atoms in total. The van der Waals surface area contributed by atoms with Gasteiger partial charge in [0.05, 0.1) is 12.4 Å². The molecule has 0 saturated heterocycles. The molecule has 2 N–H and O–H groups in total. The summed E-state index contributed by atoms with van der Waals surface area (Å²) in [6.07, 6.45) is 2.94. The van der Waals surface area contributed by atoms with E-state index in [4.69, 9.17) is 0 Å². The summed E-state index contributed by atoms with van der Waals surface area (Å²) in [5.74, 6) is 0.147. The molecule has 0 saturated carbocycles. The summed E-state index contributed by atoms with van der Waals surface area (Å²) in [5.41, 5.74) is 3.62. The van der Waals surface area contributed by atoms with Crippen molar-refractivity contribution in [1.29, 1.82) is 0 Å². The lowest BCUT2D eigenvalue weighted by Gasteiger charge is -2.08. The zero-order valence-electron chi connectivity index (χ0n) is 15.2. The maximum absolute atomic E-state index is 12.3. The van der Waals surface area contributed by atoms with E-state index in [9.17, 15) is 9.59 Å². The number of amides is 1. The highest BCUT2D eigenvalue weighted by molar-refractivity contribution is 6.03. The predicted molar refractivity (Wildman–Crippen MR) is 105 cm³/mol. The van der Waals surface area contributed by atoms with Crippen LogP contribution in [-0.2, 0) is 6.54 Å². The number of aryl methyl sites for hydroxylation is 1. The van der Waals surface area contributed by atoms with E-state index in [1.807, 2.05) is 19.1 Å². The van der Waals surface area contributed by atoms with Crippen LogP contribution in [0.2, 0.25) is 0 Å². The van der Waals surface area contributed by atoms with E-state index >= 15 is 0 Å². The molecule has 136 valence electrons. The van der Waals surface area contributed by atoms with Crippen molar-refractivity contribution >= 4 is 23.2 Å². The molecule has 0 atom stereocenters. The number of hydrogen-bond acceptors (Lipinski definition) is 5. The molecule has 0 radical (unpaired) electrons. The van der Waals surface area contributed by atoms with Gasteiger partial charge in [-0.15, -0.1) is 0 Å². The molecule has 0 bridgehead atoms. The van der Waals surface area contributed by atoms with Crippen LogP contribution in [0.1, 0.15) is 38.9 Å². The lowest BCUT2D eigenvalue weighted by Crippen LogP contribution is -2.14. The van der Waals surface area contributed by atoms with Gasteiger partial charge in [-0.1, -0.05) is 42.0 Å². The third-order valence-electron chi connectivity index (χ3n) is 4.01. The summed E-state index contributed by atoms with van der Waals surface area (Å²) in [7, 11) is 0. The first-order chi connectivity index (χ1) is 13.0. The Morgan fingerprint density at radius 1 is 1.00 bits per heavy atom. The van der Waals surface area contributed by atoms with E-state index in [0.717, 1.165) is 5.56 Å². The predicted octanol–water partition coefficient (Wildman–Crippen LogP) is 3.85. The molecule has 0 aliphatic heterocycles. The Labute approximate surface area is 157 Å². The van der Waals surface area contributed by atoms with E-state index in [1.54, 1.807) is 24.3 Å². The molecule has 3 aromatic rings. The Balaban J connectivity index is 1.60. The quantitative estimate of drug-likeness (QED) is 0.652. The SMILES string of the molecule is CC(=O)c1cccc(NC(=O)c2cnc(NCc3ccc(C)cc3)cn2)c1. The number of ketones is 1.